The molecule has 106 valence electrons. The van der Waals surface area contributed by atoms with Gasteiger partial charge in [-0.05, 0) is 25.5 Å². The third-order valence-electron chi connectivity index (χ3n) is 2.78. The van der Waals surface area contributed by atoms with Crippen LogP contribution in [0.25, 0.3) is 0 Å². The largest absolute Gasteiger partial charge is 0.351 e. The number of hydrogen-bond donors (Lipinski definition) is 2. The lowest BCUT2D eigenvalue weighted by atomic mass is 10.2. The number of carbonyl (C=O) groups is 1. The quantitative estimate of drug-likeness (QED) is 0.805. The zero-order valence-electron chi connectivity index (χ0n) is 11.2. The van der Waals surface area contributed by atoms with E-state index >= 15 is 0 Å². The minimum atomic E-state index is -3.40. The molecule has 1 aromatic carbocycles. The van der Waals surface area contributed by atoms with Gasteiger partial charge in [0.2, 0.25) is 5.91 Å². The van der Waals surface area contributed by atoms with E-state index in [1.54, 1.807) is 37.3 Å². The van der Waals surface area contributed by atoms with Crippen LogP contribution in [0.3, 0.4) is 0 Å². The number of rotatable bonds is 6. The van der Waals surface area contributed by atoms with Crippen LogP contribution in [-0.4, -0.2) is 32.2 Å². The zero-order chi connectivity index (χ0) is 14.5. The Morgan fingerprint density at radius 3 is 2.37 bits per heavy atom. The Bertz CT molecular complexity index is 512. The van der Waals surface area contributed by atoms with Gasteiger partial charge >= 0.3 is 0 Å². The van der Waals surface area contributed by atoms with Crippen molar-refractivity contribution < 1.29 is 13.2 Å². The maximum absolute atomic E-state index is 12.2. The van der Waals surface area contributed by atoms with E-state index in [1.165, 1.54) is 0 Å². The van der Waals surface area contributed by atoms with Gasteiger partial charge < -0.3 is 11.1 Å². The van der Waals surface area contributed by atoms with Crippen LogP contribution in [0.1, 0.15) is 20.3 Å². The molecule has 3 N–H and O–H groups in total. The van der Waals surface area contributed by atoms with Crippen LogP contribution < -0.4 is 11.1 Å². The maximum Gasteiger partial charge on any atom is 0.236 e. The molecule has 0 radical (unpaired) electrons. The Labute approximate surface area is 114 Å². The molecule has 0 saturated carbocycles. The van der Waals surface area contributed by atoms with Crippen LogP contribution >= 0.6 is 0 Å². The van der Waals surface area contributed by atoms with Gasteiger partial charge in [0.05, 0.1) is 16.7 Å². The van der Waals surface area contributed by atoms with Gasteiger partial charge in [-0.15, -0.1) is 0 Å². The molecule has 19 heavy (non-hydrogen) atoms. The molecule has 0 spiro atoms. The van der Waals surface area contributed by atoms with E-state index in [2.05, 4.69) is 5.32 Å². The molecule has 1 amide bonds. The predicted molar refractivity (Wildman–Crippen MR) is 74.4 cm³/mol. The minimum absolute atomic E-state index is 0.119. The lowest BCUT2D eigenvalue weighted by Crippen LogP contribution is -2.46. The average Bonchev–Trinajstić information content (AvgIpc) is 2.38. The molecule has 1 aromatic rings. The summed E-state index contributed by atoms with van der Waals surface area (Å²) in [7, 11) is -3.40. The van der Waals surface area contributed by atoms with Crippen molar-refractivity contribution >= 4 is 15.7 Å². The van der Waals surface area contributed by atoms with Crippen LogP contribution in [0.15, 0.2) is 35.2 Å². The molecule has 0 aromatic heterocycles. The van der Waals surface area contributed by atoms with Crippen LogP contribution in [-0.2, 0) is 14.6 Å². The average molecular weight is 284 g/mol. The Balaban J connectivity index is 2.78. The van der Waals surface area contributed by atoms with Crippen LogP contribution in [0.4, 0.5) is 0 Å². The highest BCUT2D eigenvalue weighted by atomic mass is 32.2. The van der Waals surface area contributed by atoms with E-state index < -0.39 is 21.9 Å². The van der Waals surface area contributed by atoms with Gasteiger partial charge in [0.1, 0.15) is 0 Å². The molecule has 0 saturated heterocycles. The fourth-order valence-corrected chi connectivity index (χ4v) is 3.20. The number of hydrogen-bond acceptors (Lipinski definition) is 4. The Morgan fingerprint density at radius 1 is 1.32 bits per heavy atom. The first-order valence-electron chi connectivity index (χ1n) is 6.20. The molecule has 2 unspecified atom stereocenters. The van der Waals surface area contributed by atoms with Crippen molar-refractivity contribution in [1.82, 2.24) is 5.32 Å². The van der Waals surface area contributed by atoms with Crippen molar-refractivity contribution in [2.24, 2.45) is 5.73 Å². The number of carbonyl (C=O) groups excluding carboxylic acids is 1. The lowest BCUT2D eigenvalue weighted by molar-refractivity contribution is -0.122. The van der Waals surface area contributed by atoms with Gasteiger partial charge in [0.25, 0.3) is 0 Å². The fraction of sp³-hybridized carbons (Fsp3) is 0.462. The van der Waals surface area contributed by atoms with Gasteiger partial charge in [0, 0.05) is 6.04 Å². The van der Waals surface area contributed by atoms with Gasteiger partial charge in [-0.25, -0.2) is 8.42 Å². The van der Waals surface area contributed by atoms with E-state index in [4.69, 9.17) is 5.73 Å². The van der Waals surface area contributed by atoms with Crippen molar-refractivity contribution in [2.45, 2.75) is 37.2 Å². The topological polar surface area (TPSA) is 89.3 Å². The highest BCUT2D eigenvalue weighted by molar-refractivity contribution is 7.91. The number of nitrogens with one attached hydrogen (secondary N) is 1. The Hall–Kier alpha value is -1.40. The normalized spacial score (nSPS) is 14.7. The standard InChI is InChI=1S/C13H20N2O3S/c1-3-11(15-13(16)10(2)14)9-19(17,18)12-7-5-4-6-8-12/h4-8,10-11H,3,9,14H2,1-2H3,(H,15,16). The van der Waals surface area contributed by atoms with Crippen molar-refractivity contribution in [3.63, 3.8) is 0 Å². The molecule has 0 aliphatic rings. The van der Waals surface area contributed by atoms with Crippen molar-refractivity contribution in [1.29, 1.82) is 0 Å². The van der Waals surface area contributed by atoms with E-state index in [1.807, 2.05) is 6.92 Å². The highest BCUT2D eigenvalue weighted by Gasteiger charge is 2.22. The highest BCUT2D eigenvalue weighted by Crippen LogP contribution is 2.12. The molecule has 0 bridgehead atoms. The number of amides is 1. The third-order valence-corrected chi connectivity index (χ3v) is 4.61. The van der Waals surface area contributed by atoms with Crippen molar-refractivity contribution in [2.75, 3.05) is 5.75 Å². The molecule has 0 fully saturated rings. The predicted octanol–water partition coefficient (Wildman–Crippen LogP) is 0.702. The van der Waals surface area contributed by atoms with E-state index in [9.17, 15) is 13.2 Å². The minimum Gasteiger partial charge on any atom is -0.351 e. The fourth-order valence-electron chi connectivity index (χ4n) is 1.58. The number of nitrogens with two attached hydrogens (primary N) is 1. The molecule has 0 aliphatic carbocycles. The van der Waals surface area contributed by atoms with Gasteiger partial charge in [-0.3, -0.25) is 4.79 Å². The van der Waals surface area contributed by atoms with E-state index in [-0.39, 0.29) is 16.6 Å². The molecular weight excluding hydrogens is 264 g/mol. The first kappa shape index (κ1) is 15.7. The first-order valence-corrected chi connectivity index (χ1v) is 7.85. The van der Waals surface area contributed by atoms with Crippen LogP contribution in [0.5, 0.6) is 0 Å². The summed E-state index contributed by atoms with van der Waals surface area (Å²) in [6.45, 7) is 3.39. The molecule has 6 heteroatoms. The summed E-state index contributed by atoms with van der Waals surface area (Å²) >= 11 is 0. The first-order chi connectivity index (χ1) is 8.86. The van der Waals surface area contributed by atoms with Crippen LogP contribution in [0, 0.1) is 0 Å². The second kappa shape index (κ2) is 6.68. The lowest BCUT2D eigenvalue weighted by Gasteiger charge is -2.18. The summed E-state index contributed by atoms with van der Waals surface area (Å²) in [5.41, 5.74) is 5.45. The number of sulfone groups is 1. The van der Waals surface area contributed by atoms with Crippen LogP contribution in [0.2, 0.25) is 0 Å². The monoisotopic (exact) mass is 284 g/mol. The summed E-state index contributed by atoms with van der Waals surface area (Å²) in [6.07, 6.45) is 0.532. The summed E-state index contributed by atoms with van der Waals surface area (Å²) in [4.78, 5) is 11.8. The van der Waals surface area contributed by atoms with Gasteiger partial charge in [-0.1, -0.05) is 25.1 Å². The summed E-state index contributed by atoms with van der Waals surface area (Å²) in [6, 6.07) is 7.14. The summed E-state index contributed by atoms with van der Waals surface area (Å²) < 4.78 is 24.3. The molecule has 0 heterocycles. The molecule has 2 atom stereocenters. The van der Waals surface area contributed by atoms with E-state index in [0.29, 0.717) is 6.42 Å². The molecule has 1 rings (SSSR count). The number of benzene rings is 1. The van der Waals surface area contributed by atoms with Crippen molar-refractivity contribution in [3.8, 4) is 0 Å². The van der Waals surface area contributed by atoms with Gasteiger partial charge in [-0.2, -0.15) is 0 Å². The summed E-state index contributed by atoms with van der Waals surface area (Å²) in [5, 5.41) is 2.65. The SMILES string of the molecule is CCC(CS(=O)(=O)c1ccccc1)NC(=O)C(C)N. The zero-order valence-corrected chi connectivity index (χ0v) is 12.0. The Kier molecular flexibility index (Phi) is 5.50. The third kappa shape index (κ3) is 4.65. The molecular formula is C13H20N2O3S. The Morgan fingerprint density at radius 2 is 1.89 bits per heavy atom. The summed E-state index contributed by atoms with van der Waals surface area (Å²) in [5.74, 6) is -0.457. The van der Waals surface area contributed by atoms with Gasteiger partial charge in [0.15, 0.2) is 9.84 Å². The van der Waals surface area contributed by atoms with E-state index in [0.717, 1.165) is 0 Å². The molecule has 5 nitrogen and oxygen atoms in total. The van der Waals surface area contributed by atoms with Crippen molar-refractivity contribution in [3.05, 3.63) is 30.3 Å². The smallest absolute Gasteiger partial charge is 0.236 e. The second-order valence-electron chi connectivity index (χ2n) is 4.50. The molecule has 0 aliphatic heterocycles. The second-order valence-corrected chi connectivity index (χ2v) is 6.53. The maximum atomic E-state index is 12.2.